The van der Waals surface area contributed by atoms with Crippen molar-refractivity contribution < 1.29 is 4.79 Å². The molecule has 0 spiro atoms. The van der Waals surface area contributed by atoms with Crippen molar-refractivity contribution in [1.29, 1.82) is 0 Å². The van der Waals surface area contributed by atoms with E-state index in [2.05, 4.69) is 19.2 Å². The van der Waals surface area contributed by atoms with Gasteiger partial charge in [0, 0.05) is 11.5 Å². The third-order valence-corrected chi connectivity index (χ3v) is 3.92. The highest BCUT2D eigenvalue weighted by Crippen LogP contribution is 2.33. The molecule has 2 heteroatoms. The maximum atomic E-state index is 11.9. The number of carbonyl (C=O) groups is 1. The van der Waals surface area contributed by atoms with Crippen molar-refractivity contribution in [1.82, 2.24) is 5.32 Å². The van der Waals surface area contributed by atoms with Gasteiger partial charge in [0.2, 0.25) is 5.91 Å². The minimum Gasteiger partial charge on any atom is -0.350 e. The molecule has 0 aromatic carbocycles. The second-order valence-electron chi connectivity index (χ2n) is 6.42. The molecule has 1 aliphatic carbocycles. The predicted octanol–water partition coefficient (Wildman–Crippen LogP) is 3.90. The lowest BCUT2D eigenvalue weighted by atomic mass is 9.77. The van der Waals surface area contributed by atoms with Gasteiger partial charge in [-0.1, -0.05) is 47.0 Å². The van der Waals surface area contributed by atoms with Gasteiger partial charge in [0.1, 0.15) is 0 Å². The zero-order valence-corrected chi connectivity index (χ0v) is 12.0. The quantitative estimate of drug-likeness (QED) is 0.774. The van der Waals surface area contributed by atoms with E-state index in [1.165, 1.54) is 38.5 Å². The van der Waals surface area contributed by atoms with Crippen LogP contribution in [0.15, 0.2) is 0 Å². The Bertz CT molecular complexity index is 239. The Labute approximate surface area is 107 Å². The highest BCUT2D eigenvalue weighted by Gasteiger charge is 2.33. The van der Waals surface area contributed by atoms with Crippen LogP contribution in [0.3, 0.4) is 0 Å². The first-order valence-electron chi connectivity index (χ1n) is 7.27. The van der Waals surface area contributed by atoms with Crippen molar-refractivity contribution in [2.24, 2.45) is 11.8 Å². The monoisotopic (exact) mass is 239 g/mol. The minimum absolute atomic E-state index is 0.104. The molecule has 0 aromatic rings. The fourth-order valence-corrected chi connectivity index (χ4v) is 2.64. The van der Waals surface area contributed by atoms with E-state index >= 15 is 0 Å². The van der Waals surface area contributed by atoms with Crippen molar-refractivity contribution in [2.45, 2.75) is 78.2 Å². The van der Waals surface area contributed by atoms with Crippen LogP contribution in [0.25, 0.3) is 0 Å². The number of hydrogen-bond acceptors (Lipinski definition) is 1. The Kier molecular flexibility index (Phi) is 5.48. The third-order valence-electron chi connectivity index (χ3n) is 3.92. The molecule has 100 valence electrons. The molecule has 1 aliphatic rings. The van der Waals surface area contributed by atoms with Crippen LogP contribution in [0.2, 0.25) is 0 Å². The summed E-state index contributed by atoms with van der Waals surface area (Å²) in [4.78, 5) is 11.9. The molecule has 0 unspecified atom stereocenters. The zero-order valence-electron chi connectivity index (χ0n) is 12.0. The molecule has 1 rings (SSSR count). The largest absolute Gasteiger partial charge is 0.350 e. The maximum Gasteiger partial charge on any atom is 0.222 e. The van der Waals surface area contributed by atoms with Gasteiger partial charge < -0.3 is 5.32 Å². The average molecular weight is 239 g/mol. The van der Waals surface area contributed by atoms with Crippen LogP contribution in [0.5, 0.6) is 0 Å². The molecular weight excluding hydrogens is 210 g/mol. The number of carbonyl (C=O) groups excluding carboxylic acids is 1. The molecular formula is C15H29NO. The second-order valence-corrected chi connectivity index (χ2v) is 6.42. The maximum absolute atomic E-state index is 11.9. The number of nitrogens with one attached hydrogen (secondary N) is 1. The van der Waals surface area contributed by atoms with Crippen LogP contribution in [0, 0.1) is 11.8 Å². The SMILES string of the molecule is CC(C)CCC1(NC(=O)C(C)C)CCCCC1. The van der Waals surface area contributed by atoms with Gasteiger partial charge in [0.05, 0.1) is 0 Å². The van der Waals surface area contributed by atoms with Crippen molar-refractivity contribution in [2.75, 3.05) is 0 Å². The fourth-order valence-electron chi connectivity index (χ4n) is 2.64. The normalized spacial score (nSPS) is 19.6. The molecule has 0 atom stereocenters. The van der Waals surface area contributed by atoms with E-state index in [1.807, 2.05) is 13.8 Å². The Morgan fingerprint density at radius 2 is 1.71 bits per heavy atom. The molecule has 0 radical (unpaired) electrons. The highest BCUT2D eigenvalue weighted by atomic mass is 16.2. The Hall–Kier alpha value is -0.530. The molecule has 0 heterocycles. The summed E-state index contributed by atoms with van der Waals surface area (Å²) in [5.41, 5.74) is 0.115. The van der Waals surface area contributed by atoms with E-state index in [0.717, 1.165) is 12.3 Å². The van der Waals surface area contributed by atoms with E-state index < -0.39 is 0 Å². The van der Waals surface area contributed by atoms with Crippen molar-refractivity contribution in [3.05, 3.63) is 0 Å². The third kappa shape index (κ3) is 4.69. The van der Waals surface area contributed by atoms with Gasteiger partial charge in [-0.15, -0.1) is 0 Å². The summed E-state index contributed by atoms with van der Waals surface area (Å²) < 4.78 is 0. The minimum atomic E-state index is 0.104. The van der Waals surface area contributed by atoms with Gasteiger partial charge in [0.15, 0.2) is 0 Å². The van der Waals surface area contributed by atoms with Gasteiger partial charge in [-0.3, -0.25) is 4.79 Å². The molecule has 0 saturated heterocycles. The zero-order chi connectivity index (χ0) is 12.9. The van der Waals surface area contributed by atoms with Crippen molar-refractivity contribution in [3.8, 4) is 0 Å². The fraction of sp³-hybridized carbons (Fsp3) is 0.933. The van der Waals surface area contributed by atoms with E-state index in [4.69, 9.17) is 0 Å². The molecule has 0 bridgehead atoms. The number of hydrogen-bond donors (Lipinski definition) is 1. The lowest BCUT2D eigenvalue weighted by Crippen LogP contribution is -2.51. The van der Waals surface area contributed by atoms with E-state index in [1.54, 1.807) is 0 Å². The summed E-state index contributed by atoms with van der Waals surface area (Å²) >= 11 is 0. The van der Waals surface area contributed by atoms with E-state index in [-0.39, 0.29) is 17.4 Å². The van der Waals surface area contributed by atoms with Crippen molar-refractivity contribution >= 4 is 5.91 Å². The Morgan fingerprint density at radius 3 is 2.18 bits per heavy atom. The van der Waals surface area contributed by atoms with Crippen LogP contribution < -0.4 is 5.32 Å². The number of rotatable bonds is 5. The van der Waals surface area contributed by atoms with Gasteiger partial charge in [-0.05, 0) is 31.6 Å². The van der Waals surface area contributed by atoms with Gasteiger partial charge in [-0.25, -0.2) is 0 Å². The molecule has 1 fully saturated rings. The van der Waals surface area contributed by atoms with Crippen LogP contribution in [-0.4, -0.2) is 11.4 Å². The second kappa shape index (κ2) is 6.42. The first-order valence-corrected chi connectivity index (χ1v) is 7.27. The summed E-state index contributed by atoms with van der Waals surface area (Å²) in [6.07, 6.45) is 8.62. The smallest absolute Gasteiger partial charge is 0.222 e. The predicted molar refractivity (Wildman–Crippen MR) is 72.9 cm³/mol. The van der Waals surface area contributed by atoms with Gasteiger partial charge in [0.25, 0.3) is 0 Å². The van der Waals surface area contributed by atoms with Crippen LogP contribution >= 0.6 is 0 Å². The first-order chi connectivity index (χ1) is 7.95. The lowest BCUT2D eigenvalue weighted by molar-refractivity contribution is -0.126. The lowest BCUT2D eigenvalue weighted by Gasteiger charge is -2.39. The summed E-state index contributed by atoms with van der Waals surface area (Å²) in [6.45, 7) is 8.49. The topological polar surface area (TPSA) is 29.1 Å². The van der Waals surface area contributed by atoms with Gasteiger partial charge in [-0.2, -0.15) is 0 Å². The molecule has 1 amide bonds. The van der Waals surface area contributed by atoms with Crippen LogP contribution in [-0.2, 0) is 4.79 Å². The summed E-state index contributed by atoms with van der Waals surface area (Å²) in [5.74, 6) is 1.06. The molecule has 0 aromatic heterocycles. The highest BCUT2D eigenvalue weighted by molar-refractivity contribution is 5.78. The van der Waals surface area contributed by atoms with Gasteiger partial charge >= 0.3 is 0 Å². The molecule has 1 saturated carbocycles. The summed E-state index contributed by atoms with van der Waals surface area (Å²) in [7, 11) is 0. The standard InChI is InChI=1S/C15H29NO/c1-12(2)8-11-15(9-6-5-7-10-15)16-14(17)13(3)4/h12-13H,5-11H2,1-4H3,(H,16,17). The van der Waals surface area contributed by atoms with Crippen LogP contribution in [0.1, 0.15) is 72.6 Å². The van der Waals surface area contributed by atoms with Crippen molar-refractivity contribution in [3.63, 3.8) is 0 Å². The average Bonchev–Trinajstić information content (AvgIpc) is 2.27. The Balaban J connectivity index is 2.61. The Morgan fingerprint density at radius 1 is 1.12 bits per heavy atom. The summed E-state index contributed by atoms with van der Waals surface area (Å²) in [5, 5.41) is 3.35. The molecule has 2 nitrogen and oxygen atoms in total. The molecule has 1 N–H and O–H groups in total. The first kappa shape index (κ1) is 14.5. The molecule has 0 aliphatic heterocycles. The van der Waals surface area contributed by atoms with E-state index in [0.29, 0.717) is 0 Å². The summed E-state index contributed by atoms with van der Waals surface area (Å²) in [6, 6.07) is 0. The van der Waals surface area contributed by atoms with E-state index in [9.17, 15) is 4.79 Å². The molecule has 17 heavy (non-hydrogen) atoms. The van der Waals surface area contributed by atoms with Crippen LogP contribution in [0.4, 0.5) is 0 Å². The number of amides is 1.